The van der Waals surface area contributed by atoms with E-state index in [4.69, 9.17) is 4.74 Å². The second-order valence-corrected chi connectivity index (χ2v) is 7.68. The van der Waals surface area contributed by atoms with Crippen LogP contribution >= 0.6 is 0 Å². The van der Waals surface area contributed by atoms with Crippen molar-refractivity contribution in [1.82, 2.24) is 9.80 Å². The van der Waals surface area contributed by atoms with Gasteiger partial charge in [-0.1, -0.05) is 27.7 Å². The normalized spacial score (nSPS) is 17.1. The molecule has 0 radical (unpaired) electrons. The first-order valence-electron chi connectivity index (χ1n) is 8.85. The maximum absolute atomic E-state index is 12.6. The fraction of sp³-hybridized carbons (Fsp3) is 0.889. The van der Waals surface area contributed by atoms with E-state index in [0.29, 0.717) is 13.1 Å². The Bertz CT molecular complexity index is 384. The van der Waals surface area contributed by atoms with E-state index in [-0.39, 0.29) is 17.8 Å². The van der Waals surface area contributed by atoms with Crippen LogP contribution in [0.3, 0.4) is 0 Å². The number of rotatable bonds is 8. The summed E-state index contributed by atoms with van der Waals surface area (Å²) in [6.45, 7) is 12.3. The summed E-state index contributed by atoms with van der Waals surface area (Å²) in [5.74, 6) is -0.437. The maximum Gasteiger partial charge on any atom is 0.310 e. The Labute approximate surface area is 141 Å². The summed E-state index contributed by atoms with van der Waals surface area (Å²) < 4.78 is 4.79. The Hall–Kier alpha value is -1.10. The molecular formula is C18H34N2O3. The summed E-state index contributed by atoms with van der Waals surface area (Å²) in [4.78, 5) is 28.6. The van der Waals surface area contributed by atoms with Gasteiger partial charge < -0.3 is 14.5 Å². The summed E-state index contributed by atoms with van der Waals surface area (Å²) in [7, 11) is 1.39. The summed E-state index contributed by atoms with van der Waals surface area (Å²) in [5, 5.41) is 0. The van der Waals surface area contributed by atoms with E-state index in [9.17, 15) is 9.59 Å². The van der Waals surface area contributed by atoms with E-state index in [1.807, 2.05) is 32.6 Å². The van der Waals surface area contributed by atoms with Crippen LogP contribution in [0.5, 0.6) is 0 Å². The van der Waals surface area contributed by atoms with Crippen LogP contribution in [0, 0.1) is 11.3 Å². The minimum atomic E-state index is -0.426. The van der Waals surface area contributed by atoms with Gasteiger partial charge in [0.05, 0.1) is 13.0 Å². The largest absolute Gasteiger partial charge is 0.469 e. The van der Waals surface area contributed by atoms with Crippen LogP contribution in [0.2, 0.25) is 0 Å². The number of esters is 1. The highest BCUT2D eigenvalue weighted by molar-refractivity contribution is 5.82. The van der Waals surface area contributed by atoms with Crippen molar-refractivity contribution >= 4 is 11.9 Å². The fourth-order valence-corrected chi connectivity index (χ4v) is 3.00. The highest BCUT2D eigenvalue weighted by atomic mass is 16.5. The molecular weight excluding hydrogens is 292 g/mol. The van der Waals surface area contributed by atoms with Crippen LogP contribution in [0.1, 0.15) is 53.4 Å². The number of unbranched alkanes of at least 4 members (excludes halogenated alkanes) is 1. The number of methoxy groups -OCH3 is 1. The molecule has 1 atom stereocenters. The maximum atomic E-state index is 12.6. The first-order chi connectivity index (χ1) is 10.8. The van der Waals surface area contributed by atoms with Crippen molar-refractivity contribution in [3.63, 3.8) is 0 Å². The van der Waals surface area contributed by atoms with Crippen LogP contribution in [0.25, 0.3) is 0 Å². The SMILES string of the molecule is COC(=O)C(C)CN(CCCCN1CCCC1)C(=O)C(C)(C)C. The van der Waals surface area contributed by atoms with E-state index in [2.05, 4.69) is 4.90 Å². The molecule has 5 nitrogen and oxygen atoms in total. The third-order valence-electron chi connectivity index (χ3n) is 4.38. The smallest absolute Gasteiger partial charge is 0.310 e. The lowest BCUT2D eigenvalue weighted by atomic mass is 9.94. The molecule has 0 aromatic rings. The number of nitrogens with zero attached hydrogens (tertiary/aromatic N) is 2. The molecule has 0 saturated carbocycles. The van der Waals surface area contributed by atoms with E-state index in [0.717, 1.165) is 19.4 Å². The van der Waals surface area contributed by atoms with Crippen LogP contribution in [-0.4, -0.2) is 61.5 Å². The summed E-state index contributed by atoms with van der Waals surface area (Å²) in [5.41, 5.74) is -0.426. The van der Waals surface area contributed by atoms with Crippen LogP contribution in [0.4, 0.5) is 0 Å². The lowest BCUT2D eigenvalue weighted by Gasteiger charge is -2.31. The highest BCUT2D eigenvalue weighted by Crippen LogP contribution is 2.19. The van der Waals surface area contributed by atoms with Crippen molar-refractivity contribution in [2.45, 2.75) is 53.4 Å². The van der Waals surface area contributed by atoms with Gasteiger partial charge in [-0.05, 0) is 45.3 Å². The molecule has 1 heterocycles. The third-order valence-corrected chi connectivity index (χ3v) is 4.38. The molecule has 5 heteroatoms. The van der Waals surface area contributed by atoms with E-state index < -0.39 is 5.41 Å². The van der Waals surface area contributed by atoms with E-state index in [1.165, 1.54) is 33.0 Å². The molecule has 1 saturated heterocycles. The Morgan fingerprint density at radius 1 is 1.17 bits per heavy atom. The Balaban J connectivity index is 2.49. The van der Waals surface area contributed by atoms with Gasteiger partial charge in [0.2, 0.25) is 5.91 Å². The topological polar surface area (TPSA) is 49.9 Å². The number of hydrogen-bond acceptors (Lipinski definition) is 4. The Kier molecular flexibility index (Phi) is 8.03. The molecule has 1 aliphatic heterocycles. The van der Waals surface area contributed by atoms with Gasteiger partial charge in [-0.15, -0.1) is 0 Å². The molecule has 0 bridgehead atoms. The average molecular weight is 326 g/mol. The predicted molar refractivity (Wildman–Crippen MR) is 92.1 cm³/mol. The second-order valence-electron chi connectivity index (χ2n) is 7.68. The van der Waals surface area contributed by atoms with Crippen molar-refractivity contribution < 1.29 is 14.3 Å². The average Bonchev–Trinajstić information content (AvgIpc) is 3.00. The van der Waals surface area contributed by atoms with Gasteiger partial charge in [0.1, 0.15) is 0 Å². The molecule has 134 valence electrons. The summed E-state index contributed by atoms with van der Waals surface area (Å²) in [6.07, 6.45) is 4.70. The van der Waals surface area contributed by atoms with Gasteiger partial charge >= 0.3 is 5.97 Å². The van der Waals surface area contributed by atoms with Gasteiger partial charge in [0.25, 0.3) is 0 Å². The molecule has 1 aliphatic rings. The van der Waals surface area contributed by atoms with E-state index >= 15 is 0 Å². The van der Waals surface area contributed by atoms with Crippen LogP contribution in [-0.2, 0) is 14.3 Å². The molecule has 1 unspecified atom stereocenters. The third kappa shape index (κ3) is 6.90. The van der Waals surface area contributed by atoms with Gasteiger partial charge in [0.15, 0.2) is 0 Å². The summed E-state index contributed by atoms with van der Waals surface area (Å²) >= 11 is 0. The van der Waals surface area contributed by atoms with Crippen molar-refractivity contribution in [3.05, 3.63) is 0 Å². The molecule has 1 amide bonds. The predicted octanol–water partition coefficient (Wildman–Crippen LogP) is 2.55. The molecule has 0 N–H and O–H groups in total. The molecule has 1 rings (SSSR count). The number of likely N-dealkylation sites (tertiary alicyclic amines) is 1. The van der Waals surface area contributed by atoms with E-state index in [1.54, 1.807) is 0 Å². The molecule has 23 heavy (non-hydrogen) atoms. The van der Waals surface area contributed by atoms with Crippen molar-refractivity contribution in [2.75, 3.05) is 39.8 Å². The second kappa shape index (κ2) is 9.26. The van der Waals surface area contributed by atoms with Gasteiger partial charge in [0, 0.05) is 18.5 Å². The molecule has 0 aromatic carbocycles. The standard InChI is InChI=1S/C18H34N2O3/c1-15(16(21)23-5)14-20(17(22)18(2,3)4)13-9-8-12-19-10-6-7-11-19/h15H,6-14H2,1-5H3. The number of carbonyl (C=O) groups is 2. The lowest BCUT2D eigenvalue weighted by molar-refractivity contribution is -0.148. The molecule has 1 fully saturated rings. The Morgan fingerprint density at radius 2 is 1.78 bits per heavy atom. The summed E-state index contributed by atoms with van der Waals surface area (Å²) in [6, 6.07) is 0. The monoisotopic (exact) mass is 326 g/mol. The number of amides is 1. The van der Waals surface area contributed by atoms with Gasteiger partial charge in [-0.3, -0.25) is 9.59 Å². The Morgan fingerprint density at radius 3 is 2.30 bits per heavy atom. The van der Waals surface area contributed by atoms with Crippen molar-refractivity contribution in [2.24, 2.45) is 11.3 Å². The van der Waals surface area contributed by atoms with Gasteiger partial charge in [-0.25, -0.2) is 0 Å². The number of carbonyl (C=O) groups excluding carboxylic acids is 2. The van der Waals surface area contributed by atoms with Crippen molar-refractivity contribution in [1.29, 1.82) is 0 Å². The lowest BCUT2D eigenvalue weighted by Crippen LogP contribution is -2.43. The molecule has 0 aromatic heterocycles. The van der Waals surface area contributed by atoms with Crippen LogP contribution < -0.4 is 0 Å². The molecule has 0 spiro atoms. The molecule has 0 aliphatic carbocycles. The number of hydrogen-bond donors (Lipinski definition) is 0. The fourth-order valence-electron chi connectivity index (χ4n) is 3.00. The van der Waals surface area contributed by atoms with Gasteiger partial charge in [-0.2, -0.15) is 0 Å². The number of ether oxygens (including phenoxy) is 1. The zero-order valence-electron chi connectivity index (χ0n) is 15.6. The van der Waals surface area contributed by atoms with Crippen LogP contribution in [0.15, 0.2) is 0 Å². The quantitative estimate of drug-likeness (QED) is 0.508. The first-order valence-corrected chi connectivity index (χ1v) is 8.85. The van der Waals surface area contributed by atoms with Crippen molar-refractivity contribution in [3.8, 4) is 0 Å². The minimum absolute atomic E-state index is 0.106. The highest BCUT2D eigenvalue weighted by Gasteiger charge is 2.29. The zero-order chi connectivity index (χ0) is 17.5. The minimum Gasteiger partial charge on any atom is -0.469 e. The first kappa shape index (κ1) is 19.9. The zero-order valence-corrected chi connectivity index (χ0v) is 15.6.